The summed E-state index contributed by atoms with van der Waals surface area (Å²) in [6.07, 6.45) is 0.805. The number of methoxy groups -OCH3 is 1. The predicted octanol–water partition coefficient (Wildman–Crippen LogP) is 0.663. The molecule has 1 unspecified atom stereocenters. The molecule has 0 aliphatic carbocycles. The number of primary amides is 1. The Morgan fingerprint density at radius 2 is 1.96 bits per heavy atom. The molecule has 1 rings (SSSR count). The fourth-order valence-corrected chi connectivity index (χ4v) is 2.13. The van der Waals surface area contributed by atoms with E-state index in [4.69, 9.17) is 20.9 Å². The van der Waals surface area contributed by atoms with Crippen molar-refractivity contribution in [3.8, 4) is 11.5 Å². The molecule has 0 spiro atoms. The monoisotopic (exact) mass is 323 g/mol. The summed E-state index contributed by atoms with van der Waals surface area (Å²) in [5.41, 5.74) is 11.2. The number of carbonyl (C=O) groups excluding carboxylic acids is 2. The summed E-state index contributed by atoms with van der Waals surface area (Å²) >= 11 is 0. The Morgan fingerprint density at radius 3 is 2.48 bits per heavy atom. The first-order chi connectivity index (χ1) is 10.9. The number of rotatable bonds is 9. The van der Waals surface area contributed by atoms with Gasteiger partial charge in [0.05, 0.1) is 7.11 Å². The topological polar surface area (TPSA) is 117 Å². The van der Waals surface area contributed by atoms with E-state index in [0.29, 0.717) is 29.5 Å². The quantitative estimate of drug-likeness (QED) is 0.617. The van der Waals surface area contributed by atoms with E-state index in [1.54, 1.807) is 18.2 Å². The van der Waals surface area contributed by atoms with Gasteiger partial charge in [-0.05, 0) is 30.5 Å². The van der Waals surface area contributed by atoms with E-state index in [1.807, 2.05) is 0 Å². The lowest BCUT2D eigenvalue weighted by atomic mass is 10.0. The van der Waals surface area contributed by atoms with Crippen LogP contribution in [0.1, 0.15) is 30.6 Å². The number of hydrogen-bond donors (Lipinski definition) is 3. The van der Waals surface area contributed by atoms with E-state index in [0.717, 1.165) is 6.42 Å². The highest BCUT2D eigenvalue weighted by Gasteiger charge is 2.16. The second kappa shape index (κ2) is 8.99. The van der Waals surface area contributed by atoms with E-state index in [-0.39, 0.29) is 18.6 Å². The maximum Gasteiger partial charge on any atom is 0.255 e. The van der Waals surface area contributed by atoms with Gasteiger partial charge in [0, 0.05) is 18.2 Å². The van der Waals surface area contributed by atoms with Crippen molar-refractivity contribution in [2.45, 2.75) is 26.3 Å². The zero-order chi connectivity index (χ0) is 17.4. The lowest BCUT2D eigenvalue weighted by molar-refractivity contribution is -0.119. The van der Waals surface area contributed by atoms with Crippen molar-refractivity contribution in [2.24, 2.45) is 17.4 Å². The van der Waals surface area contributed by atoms with Crippen LogP contribution < -0.4 is 26.3 Å². The highest BCUT2D eigenvalue weighted by atomic mass is 16.5. The number of nitrogens with one attached hydrogen (secondary N) is 1. The standard InChI is InChI=1S/C16H25N3O4/c1-10(2)6-12(8-17)19-16(21)11-4-5-13(14(7-11)22-3)23-9-15(18)20/h4-5,7,10,12H,6,8-9,17H2,1-3H3,(H2,18,20)(H,19,21). The fraction of sp³-hybridized carbons (Fsp3) is 0.500. The fourth-order valence-electron chi connectivity index (χ4n) is 2.13. The van der Waals surface area contributed by atoms with Crippen LogP contribution in [-0.4, -0.2) is 38.1 Å². The van der Waals surface area contributed by atoms with Gasteiger partial charge in [0.15, 0.2) is 18.1 Å². The number of amides is 2. The molecule has 2 amide bonds. The van der Waals surface area contributed by atoms with Gasteiger partial charge in [0.2, 0.25) is 0 Å². The average Bonchev–Trinajstić information content (AvgIpc) is 2.51. The van der Waals surface area contributed by atoms with E-state index < -0.39 is 5.91 Å². The second-order valence-corrected chi connectivity index (χ2v) is 5.66. The van der Waals surface area contributed by atoms with Gasteiger partial charge in [0.25, 0.3) is 11.8 Å². The smallest absolute Gasteiger partial charge is 0.255 e. The van der Waals surface area contributed by atoms with Gasteiger partial charge in [-0.2, -0.15) is 0 Å². The van der Waals surface area contributed by atoms with Crippen LogP contribution in [0.25, 0.3) is 0 Å². The molecule has 0 aliphatic rings. The van der Waals surface area contributed by atoms with Crippen LogP contribution in [-0.2, 0) is 4.79 Å². The zero-order valence-corrected chi connectivity index (χ0v) is 13.8. The van der Waals surface area contributed by atoms with Crippen LogP contribution in [0.2, 0.25) is 0 Å². The summed E-state index contributed by atoms with van der Waals surface area (Å²) in [6, 6.07) is 4.63. The number of nitrogens with two attached hydrogens (primary N) is 2. The largest absolute Gasteiger partial charge is 0.493 e. The SMILES string of the molecule is COc1cc(C(=O)NC(CN)CC(C)C)ccc1OCC(N)=O. The van der Waals surface area contributed by atoms with Crippen molar-refractivity contribution in [1.82, 2.24) is 5.32 Å². The van der Waals surface area contributed by atoms with Crippen LogP contribution in [0.4, 0.5) is 0 Å². The highest BCUT2D eigenvalue weighted by molar-refractivity contribution is 5.95. The van der Waals surface area contributed by atoms with Crippen LogP contribution in [0.5, 0.6) is 11.5 Å². The molecule has 0 aromatic heterocycles. The Labute approximate surface area is 136 Å². The Kier molecular flexibility index (Phi) is 7.34. The molecule has 0 fully saturated rings. The van der Waals surface area contributed by atoms with Crippen LogP contribution in [0.15, 0.2) is 18.2 Å². The van der Waals surface area contributed by atoms with Gasteiger partial charge < -0.3 is 26.3 Å². The summed E-state index contributed by atoms with van der Waals surface area (Å²) in [6.45, 7) is 4.26. The van der Waals surface area contributed by atoms with Gasteiger partial charge in [-0.15, -0.1) is 0 Å². The van der Waals surface area contributed by atoms with Crippen molar-refractivity contribution in [3.05, 3.63) is 23.8 Å². The molecule has 128 valence electrons. The highest BCUT2D eigenvalue weighted by Crippen LogP contribution is 2.28. The Morgan fingerprint density at radius 1 is 1.26 bits per heavy atom. The Hall–Kier alpha value is -2.28. The number of carbonyl (C=O) groups is 2. The minimum Gasteiger partial charge on any atom is -0.493 e. The lowest BCUT2D eigenvalue weighted by Gasteiger charge is -2.19. The van der Waals surface area contributed by atoms with Crippen molar-refractivity contribution in [2.75, 3.05) is 20.3 Å². The van der Waals surface area contributed by atoms with Crippen molar-refractivity contribution in [1.29, 1.82) is 0 Å². The second-order valence-electron chi connectivity index (χ2n) is 5.66. The van der Waals surface area contributed by atoms with E-state index >= 15 is 0 Å². The molecule has 0 aliphatic heterocycles. The van der Waals surface area contributed by atoms with Crippen molar-refractivity contribution >= 4 is 11.8 Å². The Balaban J connectivity index is 2.83. The number of ether oxygens (including phenoxy) is 2. The van der Waals surface area contributed by atoms with Crippen LogP contribution in [0, 0.1) is 5.92 Å². The minimum atomic E-state index is -0.589. The molecule has 0 radical (unpaired) electrons. The molecular weight excluding hydrogens is 298 g/mol. The predicted molar refractivity (Wildman–Crippen MR) is 87.4 cm³/mol. The molecule has 7 nitrogen and oxygen atoms in total. The molecule has 7 heteroatoms. The summed E-state index contributed by atoms with van der Waals surface area (Å²) in [4.78, 5) is 23.1. The Bertz CT molecular complexity index is 546. The summed E-state index contributed by atoms with van der Waals surface area (Å²) in [5, 5.41) is 2.90. The van der Waals surface area contributed by atoms with Gasteiger partial charge in [0.1, 0.15) is 0 Å². The first-order valence-electron chi connectivity index (χ1n) is 7.47. The third kappa shape index (κ3) is 6.15. The molecule has 5 N–H and O–H groups in total. The maximum atomic E-state index is 12.3. The van der Waals surface area contributed by atoms with E-state index in [2.05, 4.69) is 19.2 Å². The molecule has 0 saturated carbocycles. The number of hydrogen-bond acceptors (Lipinski definition) is 5. The molecule has 1 aromatic rings. The molecule has 23 heavy (non-hydrogen) atoms. The van der Waals surface area contributed by atoms with Crippen LogP contribution >= 0.6 is 0 Å². The summed E-state index contributed by atoms with van der Waals surface area (Å²) in [5.74, 6) is 0.310. The summed E-state index contributed by atoms with van der Waals surface area (Å²) < 4.78 is 10.4. The molecule has 1 atom stereocenters. The minimum absolute atomic E-state index is 0.0840. The van der Waals surface area contributed by atoms with Crippen molar-refractivity contribution in [3.63, 3.8) is 0 Å². The normalized spacial score (nSPS) is 11.9. The lowest BCUT2D eigenvalue weighted by Crippen LogP contribution is -2.41. The third-order valence-electron chi connectivity index (χ3n) is 3.17. The van der Waals surface area contributed by atoms with E-state index in [9.17, 15) is 9.59 Å². The van der Waals surface area contributed by atoms with Crippen LogP contribution in [0.3, 0.4) is 0 Å². The van der Waals surface area contributed by atoms with Gasteiger partial charge in [-0.1, -0.05) is 13.8 Å². The number of benzene rings is 1. The average molecular weight is 323 g/mol. The van der Waals surface area contributed by atoms with Gasteiger partial charge >= 0.3 is 0 Å². The van der Waals surface area contributed by atoms with Gasteiger partial charge in [-0.3, -0.25) is 9.59 Å². The summed E-state index contributed by atoms with van der Waals surface area (Å²) in [7, 11) is 1.45. The van der Waals surface area contributed by atoms with E-state index in [1.165, 1.54) is 7.11 Å². The molecule has 1 aromatic carbocycles. The first-order valence-corrected chi connectivity index (χ1v) is 7.47. The first kappa shape index (κ1) is 18.8. The van der Waals surface area contributed by atoms with Gasteiger partial charge in [-0.25, -0.2) is 0 Å². The molecule has 0 saturated heterocycles. The van der Waals surface area contributed by atoms with Crippen molar-refractivity contribution < 1.29 is 19.1 Å². The molecule has 0 bridgehead atoms. The zero-order valence-electron chi connectivity index (χ0n) is 13.8. The maximum absolute atomic E-state index is 12.3. The third-order valence-corrected chi connectivity index (χ3v) is 3.17. The molecule has 0 heterocycles. The molecular formula is C16H25N3O4.